The van der Waals surface area contributed by atoms with Gasteiger partial charge in [0, 0.05) is 13.1 Å². The van der Waals surface area contributed by atoms with Crippen LogP contribution in [0.2, 0.25) is 0 Å². The van der Waals surface area contributed by atoms with E-state index >= 15 is 0 Å². The van der Waals surface area contributed by atoms with E-state index in [-0.39, 0.29) is 11.5 Å². The van der Waals surface area contributed by atoms with E-state index in [0.717, 1.165) is 58.3 Å². The van der Waals surface area contributed by atoms with Crippen LogP contribution in [0.3, 0.4) is 0 Å². The summed E-state index contributed by atoms with van der Waals surface area (Å²) < 4.78 is 0.627. The Hall–Kier alpha value is -1.43. The first-order valence-electron chi connectivity index (χ1n) is 16.4. The van der Waals surface area contributed by atoms with Crippen molar-refractivity contribution in [3.63, 3.8) is 0 Å². The zero-order chi connectivity index (χ0) is 27.5. The van der Waals surface area contributed by atoms with Gasteiger partial charge in [0.1, 0.15) is 5.75 Å². The van der Waals surface area contributed by atoms with E-state index < -0.39 is 0 Å². The number of nitrogens with zero attached hydrogens (tertiary/aromatic N) is 1. The smallest absolute Gasteiger partial charge is 0.313 e. The van der Waals surface area contributed by atoms with Crippen LogP contribution >= 0.6 is 0 Å². The Balaban J connectivity index is 1.04. The number of nitrogens with one attached hydrogen (secondary N) is 1. The van der Waals surface area contributed by atoms with Crippen molar-refractivity contribution in [3.8, 4) is 5.75 Å². The molecule has 2 saturated carbocycles. The molecule has 5 nitrogen and oxygen atoms in total. The number of aryl methyl sites for hydroxylation is 1. The number of likely N-dealkylation sites (N-methyl/N-ethyl adjacent to an activating group) is 1. The normalized spacial score (nSPS) is 33.3. The number of aliphatic hydroxyl groups is 1. The van der Waals surface area contributed by atoms with Gasteiger partial charge < -0.3 is 15.5 Å². The van der Waals surface area contributed by atoms with Crippen LogP contribution in [-0.4, -0.2) is 59.9 Å². The number of phenols is 1. The topological polar surface area (TPSA) is 69.6 Å². The van der Waals surface area contributed by atoms with E-state index in [1.165, 1.54) is 75.3 Å². The van der Waals surface area contributed by atoms with E-state index in [0.29, 0.717) is 39.8 Å². The van der Waals surface area contributed by atoms with Crippen molar-refractivity contribution < 1.29 is 19.5 Å². The number of amides is 1. The van der Waals surface area contributed by atoms with Gasteiger partial charge in [-0.25, -0.2) is 4.79 Å². The number of carbonyl (C=O) groups is 1. The second kappa shape index (κ2) is 12.6. The number of hydrogen-bond donors (Lipinski definition) is 3. The molecule has 3 fully saturated rings. The van der Waals surface area contributed by atoms with Gasteiger partial charge in [0.15, 0.2) is 0 Å². The summed E-state index contributed by atoms with van der Waals surface area (Å²) in [5.41, 5.74) is 2.96. The highest BCUT2D eigenvalue weighted by molar-refractivity contribution is 5.68. The summed E-state index contributed by atoms with van der Waals surface area (Å²) in [6.45, 7) is 6.20. The minimum atomic E-state index is -0.135. The summed E-state index contributed by atoms with van der Waals surface area (Å²) in [7, 11) is 2.11. The lowest BCUT2D eigenvalue weighted by atomic mass is 9.51. The molecule has 1 heterocycles. The Bertz CT molecular complexity index is 973. The van der Waals surface area contributed by atoms with Gasteiger partial charge in [-0.05, 0) is 97.3 Å². The molecule has 1 saturated heterocycles. The lowest BCUT2D eigenvalue weighted by Gasteiger charge is -2.54. The third-order valence-corrected chi connectivity index (χ3v) is 11.7. The van der Waals surface area contributed by atoms with Crippen molar-refractivity contribution >= 4 is 5.91 Å². The largest absolute Gasteiger partial charge is 0.508 e. The number of aliphatic hydroxyl groups excluding tert-OH is 1. The number of piperazine rings is 1. The summed E-state index contributed by atoms with van der Waals surface area (Å²) in [5.74, 6) is 3.42. The number of fused-ring (bicyclic) bond motifs is 5. The number of phenolic OH excluding ortho intramolecular Hbond substituents is 1. The van der Waals surface area contributed by atoms with Gasteiger partial charge in [0.25, 0.3) is 0 Å². The highest BCUT2D eigenvalue weighted by atomic mass is 16.3. The van der Waals surface area contributed by atoms with Crippen LogP contribution in [0.1, 0.15) is 114 Å². The molecule has 39 heavy (non-hydrogen) atoms. The minimum Gasteiger partial charge on any atom is -0.508 e. The number of aromatic hydroxyl groups is 1. The van der Waals surface area contributed by atoms with Crippen LogP contribution < -0.4 is 5.32 Å². The first-order valence-corrected chi connectivity index (χ1v) is 16.4. The number of quaternary nitrogens is 1. The molecule has 3 aliphatic carbocycles. The number of hydrogen-bond acceptors (Lipinski definition) is 4. The molecule has 1 aromatic rings. The summed E-state index contributed by atoms with van der Waals surface area (Å²) >= 11 is 0. The summed E-state index contributed by atoms with van der Waals surface area (Å²) in [5, 5.41) is 24.5. The molecule has 1 aliphatic heterocycles. The molecule has 0 aromatic heterocycles. The molecule has 5 heteroatoms. The van der Waals surface area contributed by atoms with Crippen molar-refractivity contribution in [2.45, 2.75) is 115 Å². The van der Waals surface area contributed by atoms with Crippen LogP contribution in [0.15, 0.2) is 18.2 Å². The average molecular weight is 540 g/mol. The maximum Gasteiger partial charge on any atom is 0.313 e. The second-order valence-corrected chi connectivity index (χ2v) is 14.1. The quantitative estimate of drug-likeness (QED) is 0.228. The Morgan fingerprint density at radius 1 is 1.00 bits per heavy atom. The molecule has 218 valence electrons. The van der Waals surface area contributed by atoms with Gasteiger partial charge in [0.05, 0.1) is 32.7 Å². The van der Waals surface area contributed by atoms with Gasteiger partial charge in [-0.3, -0.25) is 4.48 Å². The van der Waals surface area contributed by atoms with Crippen LogP contribution in [0.5, 0.6) is 5.75 Å². The van der Waals surface area contributed by atoms with E-state index in [2.05, 4.69) is 25.4 Å². The Labute approximate surface area is 237 Å². The Kier molecular flexibility index (Phi) is 9.40. The number of benzene rings is 1. The maximum atomic E-state index is 12.6. The van der Waals surface area contributed by atoms with Gasteiger partial charge in [-0.1, -0.05) is 57.9 Å². The van der Waals surface area contributed by atoms with Crippen LogP contribution in [0.4, 0.5) is 0 Å². The summed E-state index contributed by atoms with van der Waals surface area (Å²) in [4.78, 5) is 12.6. The summed E-state index contributed by atoms with van der Waals surface area (Å²) in [6, 6.07) is 6.14. The number of carbonyl (C=O) groups excluding carboxylic acids is 1. The molecule has 0 spiro atoms. The Morgan fingerprint density at radius 3 is 2.44 bits per heavy atom. The fraction of sp³-hybridized carbons (Fsp3) is 0.794. The van der Waals surface area contributed by atoms with E-state index in [9.17, 15) is 15.0 Å². The average Bonchev–Trinajstić information content (AvgIpc) is 3.23. The molecular weight excluding hydrogens is 484 g/mol. The van der Waals surface area contributed by atoms with Crippen molar-refractivity contribution in [2.24, 2.45) is 23.2 Å². The van der Waals surface area contributed by atoms with E-state index in [1.807, 2.05) is 12.1 Å². The molecule has 1 amide bonds. The first-order chi connectivity index (χ1) is 18.8. The standard InChI is InChI=1S/C34H54N2O3/c1-34-24-26(11-9-7-5-3-4-6-8-10-12-32(39)36(2)21-19-35-20-22-36)33-28-16-14-27(37)23-25(28)13-15-29(33)30(34)17-18-31(34)38/h14,16,23,26,29-31,33,35,38H,3-13,15,17-22,24H2,1-2H3/p+1/t26-,29?,30?,31-,33?,34-/m0/s1. The van der Waals surface area contributed by atoms with Gasteiger partial charge >= 0.3 is 5.91 Å². The lowest BCUT2D eigenvalue weighted by Crippen LogP contribution is -2.59. The molecule has 4 aliphatic rings. The van der Waals surface area contributed by atoms with Crippen LogP contribution in [0, 0.1) is 23.2 Å². The molecule has 5 rings (SSSR count). The second-order valence-electron chi connectivity index (χ2n) is 14.1. The van der Waals surface area contributed by atoms with Gasteiger partial charge in [-0.2, -0.15) is 0 Å². The fourth-order valence-electron chi connectivity index (χ4n) is 9.28. The predicted octanol–water partition coefficient (Wildman–Crippen LogP) is 6.31. The zero-order valence-corrected chi connectivity index (χ0v) is 24.8. The Morgan fingerprint density at radius 2 is 1.69 bits per heavy atom. The molecule has 1 aromatic carbocycles. The monoisotopic (exact) mass is 539 g/mol. The molecular formula is C34H55N2O3+. The predicted molar refractivity (Wildman–Crippen MR) is 158 cm³/mol. The van der Waals surface area contributed by atoms with E-state index in [1.54, 1.807) is 0 Å². The van der Waals surface area contributed by atoms with Crippen molar-refractivity contribution in [3.05, 3.63) is 29.3 Å². The lowest BCUT2D eigenvalue weighted by molar-refractivity contribution is -0.836. The minimum absolute atomic E-state index is 0.0891. The highest BCUT2D eigenvalue weighted by Crippen LogP contribution is 2.63. The molecule has 3 unspecified atom stereocenters. The third-order valence-electron chi connectivity index (χ3n) is 11.7. The van der Waals surface area contributed by atoms with Crippen LogP contribution in [0.25, 0.3) is 0 Å². The molecule has 0 bridgehead atoms. The zero-order valence-electron chi connectivity index (χ0n) is 24.8. The van der Waals surface area contributed by atoms with Crippen molar-refractivity contribution in [1.29, 1.82) is 0 Å². The van der Waals surface area contributed by atoms with Crippen molar-refractivity contribution in [1.82, 2.24) is 5.32 Å². The van der Waals surface area contributed by atoms with Gasteiger partial charge in [0.2, 0.25) is 0 Å². The molecule has 0 radical (unpaired) electrons. The number of unbranched alkanes of at least 4 members (excludes halogenated alkanes) is 7. The SMILES string of the molecule is C[C@]12C[C@H](CCCCCCCCCCC(=O)[N+]3(C)CCNCC3)C3c4ccc(O)cc4CCC3C1CC[C@@H]2O. The molecule has 6 atom stereocenters. The van der Waals surface area contributed by atoms with Crippen LogP contribution in [-0.2, 0) is 11.2 Å². The molecule has 3 N–H and O–H groups in total. The summed E-state index contributed by atoms with van der Waals surface area (Å²) in [6.07, 6.45) is 17.5. The van der Waals surface area contributed by atoms with Crippen molar-refractivity contribution in [2.75, 3.05) is 33.2 Å². The maximum absolute atomic E-state index is 12.6. The highest BCUT2D eigenvalue weighted by Gasteiger charge is 2.57. The van der Waals surface area contributed by atoms with Gasteiger partial charge in [-0.15, -0.1) is 0 Å². The number of rotatable bonds is 11. The fourth-order valence-corrected chi connectivity index (χ4v) is 9.28. The first kappa shape index (κ1) is 29.1. The van der Waals surface area contributed by atoms with E-state index in [4.69, 9.17) is 0 Å². The third kappa shape index (κ3) is 6.26.